The van der Waals surface area contributed by atoms with Crippen LogP contribution in [0.25, 0.3) is 10.9 Å². The number of piperidine rings is 1. The molecule has 2 aliphatic rings. The molecular weight excluding hydrogens is 312 g/mol. The van der Waals surface area contributed by atoms with Crippen LogP contribution in [-0.4, -0.2) is 48.7 Å². The van der Waals surface area contributed by atoms with Crippen LogP contribution in [0.15, 0.2) is 18.2 Å². The maximum atomic E-state index is 5.80. The zero-order chi connectivity index (χ0) is 17.1. The third kappa shape index (κ3) is 3.57. The Kier molecular flexibility index (Phi) is 5.02. The molecule has 0 aliphatic carbocycles. The normalized spacial score (nSPS) is 23.6. The van der Waals surface area contributed by atoms with E-state index in [4.69, 9.17) is 9.84 Å². The van der Waals surface area contributed by atoms with E-state index in [-0.39, 0.29) is 0 Å². The third-order valence-corrected chi connectivity index (χ3v) is 5.15. The largest absolute Gasteiger partial charge is 0.364 e. The van der Waals surface area contributed by atoms with Crippen molar-refractivity contribution in [2.45, 2.75) is 38.3 Å². The summed E-state index contributed by atoms with van der Waals surface area (Å²) in [6.45, 7) is 6.67. The van der Waals surface area contributed by atoms with Crippen molar-refractivity contribution >= 4 is 10.9 Å². The Morgan fingerprint density at radius 2 is 2.16 bits per heavy atom. The summed E-state index contributed by atoms with van der Waals surface area (Å²) >= 11 is 0. The second-order valence-electron chi connectivity index (χ2n) is 6.96. The van der Waals surface area contributed by atoms with Crippen molar-refractivity contribution in [2.75, 3.05) is 32.8 Å². The third-order valence-electron chi connectivity index (χ3n) is 5.15. The number of fused-ring (bicyclic) bond motifs is 1. The molecule has 3 heterocycles. The highest BCUT2D eigenvalue weighted by Crippen LogP contribution is 2.27. The molecule has 0 radical (unpaired) electrons. The van der Waals surface area contributed by atoms with Crippen LogP contribution in [0.5, 0.6) is 0 Å². The summed E-state index contributed by atoms with van der Waals surface area (Å²) < 4.78 is 8.00. The first-order valence-electron chi connectivity index (χ1n) is 9.32. The van der Waals surface area contributed by atoms with Crippen LogP contribution < -0.4 is 10.6 Å². The number of aryl methyl sites for hydroxylation is 1. The maximum Gasteiger partial charge on any atom is 0.108 e. The fourth-order valence-electron chi connectivity index (χ4n) is 3.86. The molecule has 5 heteroatoms. The topological polar surface area (TPSA) is 51.1 Å². The fraction of sp³-hybridized carbons (Fsp3) is 0.550. The molecule has 0 saturated carbocycles. The van der Waals surface area contributed by atoms with Crippen molar-refractivity contribution in [1.82, 2.24) is 20.4 Å². The lowest BCUT2D eigenvalue weighted by atomic mass is 10.1. The number of aromatic nitrogens is 2. The highest BCUT2D eigenvalue weighted by molar-refractivity contribution is 5.88. The number of hydrogen-bond donors (Lipinski definition) is 2. The van der Waals surface area contributed by atoms with Crippen LogP contribution in [-0.2, 0) is 4.74 Å². The van der Waals surface area contributed by atoms with Gasteiger partial charge in [0.2, 0.25) is 0 Å². The van der Waals surface area contributed by atoms with Crippen LogP contribution >= 0.6 is 0 Å². The summed E-state index contributed by atoms with van der Waals surface area (Å²) in [6.07, 6.45) is 3.78. The molecule has 0 bridgehead atoms. The Bertz CT molecular complexity index is 789. The number of hydrogen-bond acceptors (Lipinski definition) is 4. The van der Waals surface area contributed by atoms with Crippen LogP contribution in [0.3, 0.4) is 0 Å². The van der Waals surface area contributed by atoms with Crippen molar-refractivity contribution < 1.29 is 4.74 Å². The van der Waals surface area contributed by atoms with Gasteiger partial charge in [0.15, 0.2) is 0 Å². The van der Waals surface area contributed by atoms with E-state index in [0.717, 1.165) is 43.9 Å². The number of benzene rings is 1. The van der Waals surface area contributed by atoms with E-state index in [1.807, 2.05) is 0 Å². The van der Waals surface area contributed by atoms with Gasteiger partial charge in [-0.2, -0.15) is 5.10 Å². The molecule has 25 heavy (non-hydrogen) atoms. The average molecular weight is 338 g/mol. The molecule has 5 nitrogen and oxygen atoms in total. The number of ether oxygens (including phenoxy) is 1. The second-order valence-corrected chi connectivity index (χ2v) is 6.96. The minimum atomic E-state index is 0.313. The van der Waals surface area contributed by atoms with Gasteiger partial charge < -0.3 is 15.4 Å². The lowest BCUT2D eigenvalue weighted by Gasteiger charge is -2.23. The summed E-state index contributed by atoms with van der Waals surface area (Å²) in [5, 5.41) is 12.8. The Hall–Kier alpha value is -1.87. The monoisotopic (exact) mass is 338 g/mol. The Labute approximate surface area is 149 Å². The van der Waals surface area contributed by atoms with Crippen LogP contribution in [0.4, 0.5) is 0 Å². The minimum absolute atomic E-state index is 0.313. The van der Waals surface area contributed by atoms with Gasteiger partial charge in [-0.3, -0.25) is 4.68 Å². The van der Waals surface area contributed by atoms with Gasteiger partial charge in [-0.15, -0.1) is 0 Å². The number of nitrogens with zero attached hydrogens (tertiary/aromatic N) is 2. The summed E-state index contributed by atoms with van der Waals surface area (Å²) in [5.74, 6) is 6.49. The molecule has 4 rings (SSSR count). The molecule has 1 unspecified atom stereocenters. The van der Waals surface area contributed by atoms with Gasteiger partial charge in [0.25, 0.3) is 0 Å². The molecule has 0 spiro atoms. The molecule has 1 aromatic heterocycles. The van der Waals surface area contributed by atoms with Crippen molar-refractivity contribution in [2.24, 2.45) is 0 Å². The Morgan fingerprint density at radius 1 is 1.24 bits per heavy atom. The molecule has 2 fully saturated rings. The van der Waals surface area contributed by atoms with Gasteiger partial charge in [0.05, 0.1) is 23.4 Å². The van der Waals surface area contributed by atoms with E-state index >= 15 is 0 Å². The lowest BCUT2D eigenvalue weighted by Crippen LogP contribution is -2.32. The molecular formula is C20H26N4O. The van der Waals surface area contributed by atoms with Gasteiger partial charge in [0.1, 0.15) is 6.61 Å². The molecule has 1 aromatic carbocycles. The zero-order valence-corrected chi connectivity index (χ0v) is 14.8. The second kappa shape index (κ2) is 7.57. The van der Waals surface area contributed by atoms with Gasteiger partial charge in [-0.1, -0.05) is 17.9 Å². The standard InChI is InChI=1S/C20H26N4O/c1-15-20-16(6-4-12-25-18-9-11-22-14-18)5-2-8-19(20)24(23-15)17-7-3-10-21-13-17/h2,5,8,17-18,21-22H,3,7,9-14H2,1H3/t17?,18-/m1/s1. The minimum Gasteiger partial charge on any atom is -0.364 e. The average Bonchev–Trinajstić information content (AvgIpc) is 3.28. The first-order chi connectivity index (χ1) is 12.3. The molecule has 2 saturated heterocycles. The van der Waals surface area contributed by atoms with Gasteiger partial charge >= 0.3 is 0 Å². The SMILES string of the molecule is Cc1nn(C2CCCNC2)c2cccc(C#CCO[C@@H]3CCNC3)c12. The molecule has 2 aliphatic heterocycles. The molecule has 2 atom stereocenters. The fourth-order valence-corrected chi connectivity index (χ4v) is 3.86. The predicted octanol–water partition coefficient (Wildman–Crippen LogP) is 2.00. The van der Waals surface area contributed by atoms with Gasteiger partial charge in [-0.05, 0) is 51.4 Å². The van der Waals surface area contributed by atoms with E-state index in [0.29, 0.717) is 18.8 Å². The zero-order valence-electron chi connectivity index (χ0n) is 14.8. The predicted molar refractivity (Wildman–Crippen MR) is 99.7 cm³/mol. The lowest BCUT2D eigenvalue weighted by molar-refractivity contribution is 0.0933. The van der Waals surface area contributed by atoms with Gasteiger partial charge in [-0.25, -0.2) is 0 Å². The smallest absolute Gasteiger partial charge is 0.108 e. The van der Waals surface area contributed by atoms with E-state index < -0.39 is 0 Å². The van der Waals surface area contributed by atoms with Gasteiger partial charge in [0, 0.05) is 24.0 Å². The van der Waals surface area contributed by atoms with Crippen molar-refractivity contribution in [3.8, 4) is 11.8 Å². The first-order valence-corrected chi connectivity index (χ1v) is 9.32. The first kappa shape index (κ1) is 16.6. The van der Waals surface area contributed by atoms with E-state index in [2.05, 4.69) is 52.3 Å². The summed E-state index contributed by atoms with van der Waals surface area (Å²) in [6, 6.07) is 6.77. The molecule has 2 aromatic rings. The summed E-state index contributed by atoms with van der Waals surface area (Å²) in [4.78, 5) is 0. The quantitative estimate of drug-likeness (QED) is 0.841. The summed E-state index contributed by atoms with van der Waals surface area (Å²) in [7, 11) is 0. The Balaban J connectivity index is 1.56. The molecule has 132 valence electrons. The van der Waals surface area contributed by atoms with Crippen molar-refractivity contribution in [3.05, 3.63) is 29.5 Å². The van der Waals surface area contributed by atoms with Crippen LogP contribution in [0.1, 0.15) is 36.6 Å². The Morgan fingerprint density at radius 3 is 2.96 bits per heavy atom. The maximum absolute atomic E-state index is 5.80. The van der Waals surface area contributed by atoms with E-state index in [1.165, 1.54) is 23.7 Å². The van der Waals surface area contributed by atoms with Crippen molar-refractivity contribution in [3.63, 3.8) is 0 Å². The van der Waals surface area contributed by atoms with Crippen molar-refractivity contribution in [1.29, 1.82) is 0 Å². The van der Waals surface area contributed by atoms with Crippen LogP contribution in [0, 0.1) is 18.8 Å². The summed E-state index contributed by atoms with van der Waals surface area (Å²) in [5.41, 5.74) is 3.31. The van der Waals surface area contributed by atoms with Crippen LogP contribution in [0.2, 0.25) is 0 Å². The molecule has 0 amide bonds. The van der Waals surface area contributed by atoms with E-state index in [1.54, 1.807) is 0 Å². The highest BCUT2D eigenvalue weighted by Gasteiger charge is 2.20. The highest BCUT2D eigenvalue weighted by atomic mass is 16.5. The van der Waals surface area contributed by atoms with E-state index in [9.17, 15) is 0 Å². The molecule has 2 N–H and O–H groups in total. The number of nitrogens with one attached hydrogen (secondary N) is 2. The number of rotatable bonds is 3.